The van der Waals surface area contributed by atoms with Crippen LogP contribution in [-0.4, -0.2) is 30.3 Å². The second-order valence-electron chi connectivity index (χ2n) is 9.32. The van der Waals surface area contributed by atoms with Gasteiger partial charge in [0.05, 0.1) is 11.4 Å². The van der Waals surface area contributed by atoms with E-state index in [1.807, 2.05) is 25.1 Å². The molecule has 2 aromatic carbocycles. The molecule has 5 aromatic rings. The minimum absolute atomic E-state index is 0.257. The normalized spacial score (nSPS) is 11.8. The van der Waals surface area contributed by atoms with Gasteiger partial charge in [-0.15, -0.1) is 0 Å². The van der Waals surface area contributed by atoms with E-state index in [-0.39, 0.29) is 5.69 Å². The molecule has 3 heterocycles. The summed E-state index contributed by atoms with van der Waals surface area (Å²) in [6, 6.07) is 22.2. The van der Waals surface area contributed by atoms with Crippen LogP contribution in [0.3, 0.4) is 0 Å². The monoisotopic (exact) mass is 465 g/mol. The first-order valence-electron chi connectivity index (χ1n) is 11.4. The van der Waals surface area contributed by atoms with Crippen molar-refractivity contribution in [3.63, 3.8) is 0 Å². The zero-order valence-electron chi connectivity index (χ0n) is 19.9. The van der Waals surface area contributed by atoms with Gasteiger partial charge in [-0.25, -0.2) is 4.68 Å². The van der Waals surface area contributed by atoms with E-state index in [0.29, 0.717) is 5.69 Å². The number of benzene rings is 2. The van der Waals surface area contributed by atoms with Crippen LogP contribution in [0.2, 0.25) is 0 Å². The summed E-state index contributed by atoms with van der Waals surface area (Å²) in [6.07, 6.45) is 3.87. The zero-order chi connectivity index (χ0) is 24.7. The Balaban J connectivity index is 1.36. The number of nitrogens with two attached hydrogens (primary N) is 1. The van der Waals surface area contributed by atoms with E-state index < -0.39 is 11.5 Å². The lowest BCUT2D eigenvalue weighted by molar-refractivity contribution is 0.0739. The van der Waals surface area contributed by atoms with Crippen LogP contribution in [0.25, 0.3) is 27.7 Å². The Kier molecular flexibility index (Phi) is 5.49. The number of aryl methyl sites for hydroxylation is 1. The Bertz CT molecular complexity index is 1520. The molecule has 7 heteroatoms. The highest BCUT2D eigenvalue weighted by atomic mass is 16.3. The number of pyridine rings is 1. The molecule has 0 spiro atoms. The number of carbonyl (C=O) groups is 1. The number of carbonyl (C=O) groups excluding carboxylic acids is 1. The van der Waals surface area contributed by atoms with Crippen LogP contribution in [0.15, 0.2) is 79.1 Å². The maximum absolute atomic E-state index is 11.5. The van der Waals surface area contributed by atoms with Crippen LogP contribution in [0.1, 0.15) is 41.3 Å². The largest absolute Gasteiger partial charge is 0.384 e. The van der Waals surface area contributed by atoms with Crippen LogP contribution in [-0.2, 0) is 12.1 Å². The molecule has 0 saturated heterocycles. The maximum atomic E-state index is 11.5. The van der Waals surface area contributed by atoms with E-state index in [1.165, 1.54) is 5.56 Å². The van der Waals surface area contributed by atoms with E-state index in [4.69, 9.17) is 5.73 Å². The van der Waals surface area contributed by atoms with Gasteiger partial charge in [-0.2, -0.15) is 5.10 Å². The third kappa shape index (κ3) is 4.46. The smallest absolute Gasteiger partial charge is 0.269 e. The summed E-state index contributed by atoms with van der Waals surface area (Å²) < 4.78 is 3.94. The van der Waals surface area contributed by atoms with Crippen LogP contribution < -0.4 is 5.73 Å². The second-order valence-corrected chi connectivity index (χ2v) is 9.32. The molecule has 35 heavy (non-hydrogen) atoms. The third-order valence-electron chi connectivity index (χ3n) is 6.17. The number of nitrogens with zero attached hydrogens (tertiary/aromatic N) is 4. The number of aromatic nitrogens is 4. The Labute approximate surface area is 203 Å². The number of primary amides is 1. The first-order valence-corrected chi connectivity index (χ1v) is 11.4. The van der Waals surface area contributed by atoms with Gasteiger partial charge >= 0.3 is 0 Å². The number of rotatable bonds is 6. The highest BCUT2D eigenvalue weighted by Gasteiger charge is 2.17. The number of fused-ring (bicyclic) bond motifs is 1. The van der Waals surface area contributed by atoms with Gasteiger partial charge in [-0.1, -0.05) is 30.3 Å². The predicted octanol–water partition coefficient (Wildman–Crippen LogP) is 4.57. The van der Waals surface area contributed by atoms with Gasteiger partial charge in [0.25, 0.3) is 5.91 Å². The Morgan fingerprint density at radius 1 is 1.00 bits per heavy atom. The molecule has 0 aliphatic heterocycles. The van der Waals surface area contributed by atoms with Crippen molar-refractivity contribution in [3.8, 4) is 16.8 Å². The van der Waals surface area contributed by atoms with E-state index in [2.05, 4.69) is 63.3 Å². The fourth-order valence-electron chi connectivity index (χ4n) is 4.24. The molecule has 3 aromatic heterocycles. The summed E-state index contributed by atoms with van der Waals surface area (Å²) >= 11 is 0. The lowest BCUT2D eigenvalue weighted by atomic mass is 10.0. The van der Waals surface area contributed by atoms with Crippen molar-refractivity contribution in [1.29, 1.82) is 0 Å². The molecule has 0 bridgehead atoms. The van der Waals surface area contributed by atoms with Crippen molar-refractivity contribution in [2.75, 3.05) is 0 Å². The Morgan fingerprint density at radius 3 is 2.37 bits per heavy atom. The minimum atomic E-state index is -0.952. The fourth-order valence-corrected chi connectivity index (χ4v) is 4.24. The number of hydrogen-bond acceptors (Lipinski definition) is 4. The van der Waals surface area contributed by atoms with E-state index in [9.17, 15) is 9.90 Å². The summed E-state index contributed by atoms with van der Waals surface area (Å²) in [7, 11) is 0. The standard InChI is InChI=1S/C28H27N5O2/c1-18-14-24(27(29)34)31-33(18)23-9-10-25-21(15-23)12-13-32(25)17-19-4-6-20(7-5-19)22-8-11-26(30-16-22)28(2,3)35/h4-16,35H,17H2,1-3H3,(H2,29,34). The first kappa shape index (κ1) is 22.6. The molecule has 0 aliphatic rings. The van der Waals surface area contributed by atoms with E-state index in [1.54, 1.807) is 30.8 Å². The SMILES string of the molecule is Cc1cc(C(N)=O)nn1-c1ccc2c(ccn2Cc2ccc(-c3ccc(C(C)(C)O)nc3)cc2)c1. The molecule has 0 radical (unpaired) electrons. The van der Waals surface area contributed by atoms with E-state index in [0.717, 1.165) is 40.0 Å². The molecular weight excluding hydrogens is 438 g/mol. The average Bonchev–Trinajstić information content (AvgIpc) is 3.42. The molecule has 0 aliphatic carbocycles. The van der Waals surface area contributed by atoms with Gasteiger partial charge in [0.15, 0.2) is 5.69 Å². The lowest BCUT2D eigenvalue weighted by Crippen LogP contribution is -2.17. The number of aliphatic hydroxyl groups is 1. The quantitative estimate of drug-likeness (QED) is 0.384. The minimum Gasteiger partial charge on any atom is -0.384 e. The highest BCUT2D eigenvalue weighted by Crippen LogP contribution is 2.25. The van der Waals surface area contributed by atoms with Gasteiger partial charge in [0.1, 0.15) is 5.60 Å². The molecule has 0 fully saturated rings. The van der Waals surface area contributed by atoms with E-state index >= 15 is 0 Å². The van der Waals surface area contributed by atoms with Crippen LogP contribution in [0.5, 0.6) is 0 Å². The van der Waals surface area contributed by atoms with Crippen molar-refractivity contribution in [2.45, 2.75) is 32.9 Å². The summed E-state index contributed by atoms with van der Waals surface area (Å²) in [6.45, 7) is 6.10. The third-order valence-corrected chi connectivity index (χ3v) is 6.17. The van der Waals surface area contributed by atoms with Gasteiger partial charge in [-0.05, 0) is 68.3 Å². The summed E-state index contributed by atoms with van der Waals surface area (Å²) in [5.41, 5.74) is 11.5. The molecule has 3 N–H and O–H groups in total. The summed E-state index contributed by atoms with van der Waals surface area (Å²) in [5.74, 6) is -0.535. The Morgan fingerprint density at radius 2 is 1.74 bits per heavy atom. The first-order chi connectivity index (χ1) is 16.7. The molecule has 7 nitrogen and oxygen atoms in total. The predicted molar refractivity (Wildman–Crippen MR) is 136 cm³/mol. The highest BCUT2D eigenvalue weighted by molar-refractivity contribution is 5.91. The Hall–Kier alpha value is -4.23. The molecule has 0 atom stereocenters. The molecule has 0 unspecified atom stereocenters. The van der Waals surface area contributed by atoms with Gasteiger partial charge in [0, 0.05) is 41.1 Å². The number of amides is 1. The van der Waals surface area contributed by atoms with Crippen LogP contribution in [0, 0.1) is 6.92 Å². The molecule has 0 saturated carbocycles. The zero-order valence-corrected chi connectivity index (χ0v) is 19.9. The van der Waals surface area contributed by atoms with Crippen LogP contribution in [0.4, 0.5) is 0 Å². The molecule has 176 valence electrons. The lowest BCUT2D eigenvalue weighted by Gasteiger charge is -2.16. The molecule has 5 rings (SSSR count). The topological polar surface area (TPSA) is 99.0 Å². The average molecular weight is 466 g/mol. The fraction of sp³-hybridized carbons (Fsp3) is 0.179. The summed E-state index contributed by atoms with van der Waals surface area (Å²) in [5, 5.41) is 15.5. The van der Waals surface area contributed by atoms with Gasteiger partial charge in [-0.3, -0.25) is 9.78 Å². The molecular formula is C28H27N5O2. The van der Waals surface area contributed by atoms with Crippen molar-refractivity contribution in [2.24, 2.45) is 5.73 Å². The van der Waals surface area contributed by atoms with Crippen molar-refractivity contribution in [1.82, 2.24) is 19.3 Å². The van der Waals surface area contributed by atoms with Crippen molar-refractivity contribution < 1.29 is 9.90 Å². The van der Waals surface area contributed by atoms with Gasteiger partial charge < -0.3 is 15.4 Å². The van der Waals surface area contributed by atoms with Gasteiger partial charge in [0.2, 0.25) is 0 Å². The van der Waals surface area contributed by atoms with Crippen molar-refractivity contribution >= 4 is 16.8 Å². The number of hydrogen-bond donors (Lipinski definition) is 2. The summed E-state index contributed by atoms with van der Waals surface area (Å²) in [4.78, 5) is 15.9. The molecule has 1 amide bonds. The van der Waals surface area contributed by atoms with Crippen molar-refractivity contribution in [3.05, 3.63) is 102 Å². The van der Waals surface area contributed by atoms with Crippen LogP contribution >= 0.6 is 0 Å². The second kappa shape index (κ2) is 8.52. The maximum Gasteiger partial charge on any atom is 0.269 e.